The zero-order chi connectivity index (χ0) is 18.0. The Kier molecular flexibility index (Phi) is 5.25. The number of aliphatic hydroxyl groups excluding tert-OH is 1. The van der Waals surface area contributed by atoms with E-state index >= 15 is 0 Å². The quantitative estimate of drug-likeness (QED) is 0.858. The van der Waals surface area contributed by atoms with E-state index in [-0.39, 0.29) is 24.0 Å². The Hall–Kier alpha value is -2.11. The van der Waals surface area contributed by atoms with Gasteiger partial charge in [0.05, 0.1) is 19.3 Å². The summed E-state index contributed by atoms with van der Waals surface area (Å²) >= 11 is 6.03. The third kappa shape index (κ3) is 3.94. The Balaban J connectivity index is 1.81. The molecule has 5 nitrogen and oxygen atoms in total. The van der Waals surface area contributed by atoms with Crippen LogP contribution in [0.15, 0.2) is 36.5 Å². The number of benzene rings is 1. The predicted molar refractivity (Wildman–Crippen MR) is 95.9 cm³/mol. The van der Waals surface area contributed by atoms with Gasteiger partial charge >= 0.3 is 0 Å². The van der Waals surface area contributed by atoms with Gasteiger partial charge in [0, 0.05) is 22.8 Å². The summed E-state index contributed by atoms with van der Waals surface area (Å²) in [6.07, 6.45) is 2.74. The SMILES string of the molecule is COc1ccc(C(NC(=O)c2ccc(Cl)c(C)c2)C2CC(O)C2)cn1. The zero-order valence-electron chi connectivity index (χ0n) is 14.2. The smallest absolute Gasteiger partial charge is 0.251 e. The summed E-state index contributed by atoms with van der Waals surface area (Å²) in [6, 6.07) is 8.68. The summed E-state index contributed by atoms with van der Waals surface area (Å²) in [5.74, 6) is 0.542. The lowest BCUT2D eigenvalue weighted by molar-refractivity contribution is 0.0234. The molecule has 6 heteroatoms. The Labute approximate surface area is 152 Å². The number of pyridine rings is 1. The third-order valence-electron chi connectivity index (χ3n) is 4.66. The Morgan fingerprint density at radius 3 is 2.68 bits per heavy atom. The number of rotatable bonds is 5. The van der Waals surface area contributed by atoms with Crippen LogP contribution in [0.3, 0.4) is 0 Å². The standard InChI is InChI=1S/C19H21ClN2O3/c1-11-7-12(3-5-16(11)20)19(24)22-18(14-8-15(23)9-14)13-4-6-17(25-2)21-10-13/h3-7,10,14-15,18,23H,8-9H2,1-2H3,(H,22,24). The molecule has 0 spiro atoms. The van der Waals surface area contributed by atoms with Gasteiger partial charge in [0.1, 0.15) is 0 Å². The van der Waals surface area contributed by atoms with E-state index in [1.165, 1.54) is 0 Å². The van der Waals surface area contributed by atoms with E-state index in [2.05, 4.69) is 10.3 Å². The van der Waals surface area contributed by atoms with E-state index in [0.717, 1.165) is 11.1 Å². The molecule has 1 saturated carbocycles. The number of nitrogens with zero attached hydrogens (tertiary/aromatic N) is 1. The molecule has 2 N–H and O–H groups in total. The van der Waals surface area contributed by atoms with Gasteiger partial charge in [-0.25, -0.2) is 4.98 Å². The summed E-state index contributed by atoms with van der Waals surface area (Å²) in [4.78, 5) is 16.9. The molecule has 0 bridgehead atoms. The number of aliphatic hydroxyl groups is 1. The minimum atomic E-state index is -0.298. The van der Waals surface area contributed by atoms with Gasteiger partial charge in [-0.05, 0) is 55.0 Å². The molecule has 0 radical (unpaired) electrons. The van der Waals surface area contributed by atoms with Crippen LogP contribution in [0.1, 0.15) is 40.4 Å². The predicted octanol–water partition coefficient (Wildman–Crippen LogP) is 3.29. The molecule has 1 heterocycles. The average Bonchev–Trinajstić information content (AvgIpc) is 2.59. The molecule has 1 aromatic carbocycles. The molecule has 1 unspecified atom stereocenters. The van der Waals surface area contributed by atoms with Crippen LogP contribution in [0.25, 0.3) is 0 Å². The highest BCUT2D eigenvalue weighted by Gasteiger charge is 2.36. The Bertz CT molecular complexity index is 758. The molecule has 1 aliphatic carbocycles. The maximum atomic E-state index is 12.7. The Morgan fingerprint density at radius 2 is 2.12 bits per heavy atom. The number of hydrogen-bond donors (Lipinski definition) is 2. The van der Waals surface area contributed by atoms with Crippen molar-refractivity contribution in [2.75, 3.05) is 7.11 Å². The van der Waals surface area contributed by atoms with Crippen molar-refractivity contribution in [2.24, 2.45) is 5.92 Å². The molecular formula is C19H21ClN2O3. The van der Waals surface area contributed by atoms with Gasteiger partial charge in [0.15, 0.2) is 0 Å². The molecule has 1 aliphatic rings. The van der Waals surface area contributed by atoms with Crippen molar-refractivity contribution < 1.29 is 14.6 Å². The number of carbonyl (C=O) groups excluding carboxylic acids is 1. The molecule has 0 saturated heterocycles. The van der Waals surface area contributed by atoms with Crippen LogP contribution in [0.5, 0.6) is 5.88 Å². The van der Waals surface area contributed by atoms with Gasteiger partial charge < -0.3 is 15.2 Å². The van der Waals surface area contributed by atoms with Crippen LogP contribution in [-0.2, 0) is 0 Å². The van der Waals surface area contributed by atoms with Gasteiger partial charge in [-0.1, -0.05) is 17.7 Å². The van der Waals surface area contributed by atoms with Crippen molar-refractivity contribution in [1.29, 1.82) is 0 Å². The maximum Gasteiger partial charge on any atom is 0.251 e. The van der Waals surface area contributed by atoms with Crippen LogP contribution >= 0.6 is 11.6 Å². The fourth-order valence-electron chi connectivity index (χ4n) is 3.08. The second kappa shape index (κ2) is 7.42. The van der Waals surface area contributed by atoms with E-state index < -0.39 is 0 Å². The number of halogens is 1. The van der Waals surface area contributed by atoms with Crippen molar-refractivity contribution in [2.45, 2.75) is 31.9 Å². The fourth-order valence-corrected chi connectivity index (χ4v) is 3.20. The second-order valence-corrected chi connectivity index (χ2v) is 6.84. The molecule has 1 fully saturated rings. The second-order valence-electron chi connectivity index (χ2n) is 6.43. The maximum absolute atomic E-state index is 12.7. The normalized spacial score (nSPS) is 20.5. The molecule has 1 aromatic heterocycles. The topological polar surface area (TPSA) is 71.5 Å². The summed E-state index contributed by atoms with van der Waals surface area (Å²) in [7, 11) is 1.56. The van der Waals surface area contributed by atoms with Gasteiger partial charge in [0.25, 0.3) is 5.91 Å². The van der Waals surface area contributed by atoms with Crippen LogP contribution < -0.4 is 10.1 Å². The van der Waals surface area contributed by atoms with Crippen LogP contribution in [0.4, 0.5) is 0 Å². The van der Waals surface area contributed by atoms with Gasteiger partial charge in [-0.15, -0.1) is 0 Å². The number of amides is 1. The molecule has 1 amide bonds. The number of nitrogens with one attached hydrogen (secondary N) is 1. The van der Waals surface area contributed by atoms with Gasteiger partial charge in [-0.3, -0.25) is 4.79 Å². The van der Waals surface area contributed by atoms with Crippen LogP contribution in [0.2, 0.25) is 5.02 Å². The number of aryl methyl sites for hydroxylation is 1. The van der Waals surface area contributed by atoms with Crippen molar-refractivity contribution in [3.63, 3.8) is 0 Å². The highest BCUT2D eigenvalue weighted by atomic mass is 35.5. The highest BCUT2D eigenvalue weighted by molar-refractivity contribution is 6.31. The lowest BCUT2D eigenvalue weighted by Gasteiger charge is -2.38. The first-order chi connectivity index (χ1) is 12.0. The van der Waals surface area contributed by atoms with E-state index in [9.17, 15) is 9.90 Å². The largest absolute Gasteiger partial charge is 0.481 e. The zero-order valence-corrected chi connectivity index (χ0v) is 15.0. The number of hydrogen-bond acceptors (Lipinski definition) is 4. The fraction of sp³-hybridized carbons (Fsp3) is 0.368. The Morgan fingerprint density at radius 1 is 1.36 bits per heavy atom. The first-order valence-corrected chi connectivity index (χ1v) is 8.60. The monoisotopic (exact) mass is 360 g/mol. The van der Waals surface area contributed by atoms with Crippen molar-refractivity contribution in [3.05, 3.63) is 58.2 Å². The average molecular weight is 361 g/mol. The summed E-state index contributed by atoms with van der Waals surface area (Å²) in [6.45, 7) is 1.87. The van der Waals surface area contributed by atoms with E-state index in [4.69, 9.17) is 16.3 Å². The summed E-state index contributed by atoms with van der Waals surface area (Å²) < 4.78 is 5.09. The molecule has 25 heavy (non-hydrogen) atoms. The molecule has 132 valence electrons. The van der Waals surface area contributed by atoms with E-state index in [1.807, 2.05) is 13.0 Å². The lowest BCUT2D eigenvalue weighted by Crippen LogP contribution is -2.41. The minimum absolute atomic E-state index is 0.165. The third-order valence-corrected chi connectivity index (χ3v) is 5.08. The number of methoxy groups -OCH3 is 1. The minimum Gasteiger partial charge on any atom is -0.481 e. The summed E-state index contributed by atoms with van der Waals surface area (Å²) in [5.41, 5.74) is 2.32. The van der Waals surface area contributed by atoms with Gasteiger partial charge in [-0.2, -0.15) is 0 Å². The van der Waals surface area contributed by atoms with E-state index in [1.54, 1.807) is 37.6 Å². The summed E-state index contributed by atoms with van der Waals surface area (Å²) in [5, 5.41) is 13.4. The first-order valence-electron chi connectivity index (χ1n) is 8.23. The molecule has 0 aliphatic heterocycles. The van der Waals surface area contributed by atoms with Crippen molar-refractivity contribution in [1.82, 2.24) is 10.3 Å². The molecule has 2 aromatic rings. The number of carbonyl (C=O) groups is 1. The van der Waals surface area contributed by atoms with Crippen LogP contribution in [0, 0.1) is 12.8 Å². The lowest BCUT2D eigenvalue weighted by atomic mass is 9.75. The first kappa shape index (κ1) is 17.7. The van der Waals surface area contributed by atoms with E-state index in [0.29, 0.717) is 29.3 Å². The van der Waals surface area contributed by atoms with Crippen molar-refractivity contribution in [3.8, 4) is 5.88 Å². The molecule has 3 rings (SSSR count). The van der Waals surface area contributed by atoms with Crippen LogP contribution in [-0.4, -0.2) is 29.2 Å². The number of aromatic nitrogens is 1. The molecule has 1 atom stereocenters. The number of ether oxygens (including phenoxy) is 1. The van der Waals surface area contributed by atoms with Gasteiger partial charge in [0.2, 0.25) is 5.88 Å². The highest BCUT2D eigenvalue weighted by Crippen LogP contribution is 2.38. The van der Waals surface area contributed by atoms with Crippen molar-refractivity contribution >= 4 is 17.5 Å². The molecular weight excluding hydrogens is 340 g/mol.